The van der Waals surface area contributed by atoms with E-state index in [0.29, 0.717) is 11.8 Å². The molecule has 2 aromatic rings. The minimum atomic E-state index is -0.413. The molecule has 2 aromatic carbocycles. The summed E-state index contributed by atoms with van der Waals surface area (Å²) in [6.45, 7) is 0. The minimum absolute atomic E-state index is 0.0639. The van der Waals surface area contributed by atoms with E-state index in [4.69, 9.17) is 0 Å². The zero-order valence-corrected chi connectivity index (χ0v) is 12.9. The Morgan fingerprint density at radius 1 is 1.10 bits per heavy atom. The molecular weight excluding hydrogens is 334 g/mol. The number of phenols is 2. The maximum Gasteiger partial charge on any atom is 0.255 e. The van der Waals surface area contributed by atoms with E-state index >= 15 is 0 Å². The summed E-state index contributed by atoms with van der Waals surface area (Å²) in [5.74, 6) is -1.12. The van der Waals surface area contributed by atoms with Crippen molar-refractivity contribution in [2.45, 2.75) is 12.5 Å². The van der Waals surface area contributed by atoms with Crippen LogP contribution in [0.1, 0.15) is 15.9 Å². The number of aromatic hydroxyl groups is 2. The first-order valence-corrected chi connectivity index (χ1v) is 7.65. The van der Waals surface area contributed by atoms with E-state index in [-0.39, 0.29) is 17.4 Å². The van der Waals surface area contributed by atoms with E-state index in [1.807, 2.05) is 30.3 Å². The van der Waals surface area contributed by atoms with Crippen molar-refractivity contribution in [2.75, 3.05) is 5.33 Å². The van der Waals surface area contributed by atoms with Crippen LogP contribution in [0, 0.1) is 0 Å². The number of nitrogens with one attached hydrogen (secondary N) is 1. The van der Waals surface area contributed by atoms with Gasteiger partial charge in [0.1, 0.15) is 0 Å². The van der Waals surface area contributed by atoms with E-state index in [1.54, 1.807) is 0 Å². The van der Waals surface area contributed by atoms with E-state index in [0.717, 1.165) is 5.56 Å². The molecule has 2 rings (SSSR count). The zero-order valence-electron chi connectivity index (χ0n) is 11.3. The number of amides is 1. The van der Waals surface area contributed by atoms with Crippen molar-refractivity contribution in [3.63, 3.8) is 0 Å². The molecule has 3 N–H and O–H groups in total. The second-order valence-electron chi connectivity index (χ2n) is 4.69. The van der Waals surface area contributed by atoms with Crippen LogP contribution in [0.5, 0.6) is 11.5 Å². The number of alkyl halides is 1. The Morgan fingerprint density at radius 2 is 1.81 bits per heavy atom. The van der Waals surface area contributed by atoms with E-state index in [9.17, 15) is 15.0 Å². The highest BCUT2D eigenvalue weighted by Gasteiger charge is 2.17. The van der Waals surface area contributed by atoms with Crippen LogP contribution in [-0.2, 0) is 6.42 Å². The van der Waals surface area contributed by atoms with E-state index < -0.39 is 11.7 Å². The lowest BCUT2D eigenvalue weighted by Gasteiger charge is -2.17. The minimum Gasteiger partial charge on any atom is -0.504 e. The molecule has 1 unspecified atom stereocenters. The molecule has 0 saturated carbocycles. The molecular formula is C16H16BrNO3. The zero-order chi connectivity index (χ0) is 15.2. The fourth-order valence-corrected chi connectivity index (χ4v) is 2.41. The summed E-state index contributed by atoms with van der Waals surface area (Å²) in [6, 6.07) is 14.0. The second kappa shape index (κ2) is 7.13. The van der Waals surface area contributed by atoms with Gasteiger partial charge < -0.3 is 15.5 Å². The van der Waals surface area contributed by atoms with Crippen molar-refractivity contribution in [2.24, 2.45) is 0 Å². The molecule has 0 aliphatic carbocycles. The molecule has 0 heterocycles. The van der Waals surface area contributed by atoms with Gasteiger partial charge in [0.05, 0.1) is 5.56 Å². The third-order valence-corrected chi connectivity index (χ3v) is 3.89. The topological polar surface area (TPSA) is 69.6 Å². The highest BCUT2D eigenvalue weighted by molar-refractivity contribution is 9.09. The number of rotatable bonds is 5. The number of hydrogen-bond donors (Lipinski definition) is 3. The van der Waals surface area contributed by atoms with Gasteiger partial charge in [0.2, 0.25) is 0 Å². The Labute approximate surface area is 131 Å². The number of carbonyl (C=O) groups excluding carboxylic acids is 1. The number of halogens is 1. The molecule has 0 aliphatic rings. The Bertz CT molecular complexity index is 616. The van der Waals surface area contributed by atoms with Crippen LogP contribution >= 0.6 is 15.9 Å². The largest absolute Gasteiger partial charge is 0.504 e. The van der Waals surface area contributed by atoms with Crippen LogP contribution in [0.2, 0.25) is 0 Å². The molecule has 0 aromatic heterocycles. The maximum atomic E-state index is 12.2. The van der Waals surface area contributed by atoms with Crippen LogP contribution in [-0.4, -0.2) is 27.5 Å². The SMILES string of the molecule is O=C(NC(CBr)Cc1ccccc1)c1cccc(O)c1O. The number of benzene rings is 2. The summed E-state index contributed by atoms with van der Waals surface area (Å²) in [4.78, 5) is 12.2. The molecule has 0 aliphatic heterocycles. The average Bonchev–Trinajstić information content (AvgIpc) is 2.50. The first kappa shape index (κ1) is 15.4. The van der Waals surface area contributed by atoms with Crippen molar-refractivity contribution >= 4 is 21.8 Å². The van der Waals surface area contributed by atoms with E-state index in [1.165, 1.54) is 18.2 Å². The third-order valence-electron chi connectivity index (χ3n) is 3.11. The third kappa shape index (κ3) is 3.98. The van der Waals surface area contributed by atoms with Gasteiger partial charge in [-0.05, 0) is 24.1 Å². The summed E-state index contributed by atoms with van der Waals surface area (Å²) < 4.78 is 0. The highest BCUT2D eigenvalue weighted by atomic mass is 79.9. The molecule has 0 radical (unpaired) electrons. The normalized spacial score (nSPS) is 11.9. The number of hydrogen-bond acceptors (Lipinski definition) is 3. The molecule has 1 amide bonds. The number of phenolic OH excluding ortho intramolecular Hbond substituents is 2. The van der Waals surface area contributed by atoms with Gasteiger partial charge in [0, 0.05) is 11.4 Å². The predicted molar refractivity (Wildman–Crippen MR) is 85.0 cm³/mol. The van der Waals surface area contributed by atoms with Crippen molar-refractivity contribution in [3.05, 3.63) is 59.7 Å². The van der Waals surface area contributed by atoms with Crippen LogP contribution in [0.15, 0.2) is 48.5 Å². The molecule has 0 saturated heterocycles. The Balaban J connectivity index is 2.08. The van der Waals surface area contributed by atoms with Gasteiger partial charge in [0.15, 0.2) is 11.5 Å². The maximum absolute atomic E-state index is 12.2. The second-order valence-corrected chi connectivity index (χ2v) is 5.34. The standard InChI is InChI=1S/C16H16BrNO3/c17-10-12(9-11-5-2-1-3-6-11)18-16(21)13-7-4-8-14(19)15(13)20/h1-8,12,19-20H,9-10H2,(H,18,21). The Kier molecular flexibility index (Phi) is 5.22. The lowest BCUT2D eigenvalue weighted by atomic mass is 10.1. The molecule has 4 nitrogen and oxygen atoms in total. The fourth-order valence-electron chi connectivity index (χ4n) is 2.02. The van der Waals surface area contributed by atoms with Crippen molar-refractivity contribution in [3.8, 4) is 11.5 Å². The van der Waals surface area contributed by atoms with Crippen LogP contribution < -0.4 is 5.32 Å². The summed E-state index contributed by atoms with van der Waals surface area (Å²) >= 11 is 3.38. The van der Waals surface area contributed by atoms with Crippen molar-refractivity contribution in [1.82, 2.24) is 5.32 Å². The van der Waals surface area contributed by atoms with Gasteiger partial charge in [-0.15, -0.1) is 0 Å². The molecule has 0 fully saturated rings. The molecule has 0 bridgehead atoms. The van der Waals surface area contributed by atoms with Gasteiger partial charge in [-0.25, -0.2) is 0 Å². The van der Waals surface area contributed by atoms with Gasteiger partial charge >= 0.3 is 0 Å². The van der Waals surface area contributed by atoms with Crippen LogP contribution in [0.3, 0.4) is 0 Å². The quantitative estimate of drug-likeness (QED) is 0.574. The lowest BCUT2D eigenvalue weighted by molar-refractivity contribution is 0.0937. The fraction of sp³-hybridized carbons (Fsp3) is 0.188. The monoisotopic (exact) mass is 349 g/mol. The first-order chi connectivity index (χ1) is 10.1. The van der Waals surface area contributed by atoms with Crippen molar-refractivity contribution < 1.29 is 15.0 Å². The lowest BCUT2D eigenvalue weighted by Crippen LogP contribution is -2.37. The number of carbonyl (C=O) groups is 1. The average molecular weight is 350 g/mol. The Morgan fingerprint density at radius 3 is 2.48 bits per heavy atom. The summed E-state index contributed by atoms with van der Waals surface area (Å²) in [6.07, 6.45) is 0.678. The Hall–Kier alpha value is -2.01. The number of para-hydroxylation sites is 1. The highest BCUT2D eigenvalue weighted by Crippen LogP contribution is 2.28. The molecule has 21 heavy (non-hydrogen) atoms. The van der Waals surface area contributed by atoms with Crippen LogP contribution in [0.4, 0.5) is 0 Å². The summed E-state index contributed by atoms with van der Waals surface area (Å²) in [5, 5.41) is 22.6. The summed E-state index contributed by atoms with van der Waals surface area (Å²) in [5.41, 5.74) is 1.18. The van der Waals surface area contributed by atoms with Gasteiger partial charge in [-0.3, -0.25) is 4.79 Å². The van der Waals surface area contributed by atoms with Crippen LogP contribution in [0.25, 0.3) is 0 Å². The smallest absolute Gasteiger partial charge is 0.255 e. The molecule has 5 heteroatoms. The summed E-state index contributed by atoms with van der Waals surface area (Å²) in [7, 11) is 0. The van der Waals surface area contributed by atoms with Crippen molar-refractivity contribution in [1.29, 1.82) is 0 Å². The van der Waals surface area contributed by atoms with E-state index in [2.05, 4.69) is 21.2 Å². The van der Waals surface area contributed by atoms with Gasteiger partial charge in [-0.2, -0.15) is 0 Å². The molecule has 0 spiro atoms. The van der Waals surface area contributed by atoms with Gasteiger partial charge in [-0.1, -0.05) is 52.3 Å². The predicted octanol–water partition coefficient (Wildman–Crippen LogP) is 2.83. The first-order valence-electron chi connectivity index (χ1n) is 6.53. The molecule has 1 atom stereocenters. The molecule has 110 valence electrons. The van der Waals surface area contributed by atoms with Gasteiger partial charge in [0.25, 0.3) is 5.91 Å².